The molecule has 1 aliphatic heterocycles. The van der Waals surface area contributed by atoms with Crippen molar-refractivity contribution < 1.29 is 4.74 Å². The molecule has 0 aromatic heterocycles. The van der Waals surface area contributed by atoms with Gasteiger partial charge in [0.2, 0.25) is 0 Å². The van der Waals surface area contributed by atoms with Gasteiger partial charge in [0.05, 0.1) is 18.5 Å². The van der Waals surface area contributed by atoms with Gasteiger partial charge in [-0.05, 0) is 25.7 Å². The molecule has 14 heavy (non-hydrogen) atoms. The second-order valence-corrected chi connectivity index (χ2v) is 4.38. The van der Waals surface area contributed by atoms with Crippen LogP contribution < -0.4 is 5.73 Å². The number of amidine groups is 1. The Hall–Kier alpha value is -0.570. The molecule has 2 rings (SSSR count). The Morgan fingerprint density at radius 2 is 2.00 bits per heavy atom. The lowest BCUT2D eigenvalue weighted by Gasteiger charge is -2.10. The van der Waals surface area contributed by atoms with Gasteiger partial charge in [0.1, 0.15) is 0 Å². The average Bonchev–Trinajstić information content (AvgIpc) is 2.87. The van der Waals surface area contributed by atoms with E-state index in [4.69, 9.17) is 10.5 Å². The van der Waals surface area contributed by atoms with Gasteiger partial charge in [-0.25, -0.2) is 0 Å². The van der Waals surface area contributed by atoms with E-state index in [1.165, 1.54) is 32.1 Å². The van der Waals surface area contributed by atoms with Crippen molar-refractivity contribution in [3.05, 3.63) is 0 Å². The second kappa shape index (κ2) is 4.78. The Kier molecular flexibility index (Phi) is 3.40. The van der Waals surface area contributed by atoms with Crippen LogP contribution in [0.15, 0.2) is 4.99 Å². The average molecular weight is 196 g/mol. The van der Waals surface area contributed by atoms with Gasteiger partial charge in [-0.2, -0.15) is 0 Å². The number of nitrogens with two attached hydrogens (primary N) is 1. The number of hydrogen-bond acceptors (Lipinski definition) is 2. The first-order valence-electron chi connectivity index (χ1n) is 5.77. The fraction of sp³-hybridized carbons (Fsp3) is 0.909. The third kappa shape index (κ3) is 2.47. The summed E-state index contributed by atoms with van der Waals surface area (Å²) >= 11 is 0. The minimum atomic E-state index is 0.343. The summed E-state index contributed by atoms with van der Waals surface area (Å²) in [6, 6.07) is 0. The lowest BCUT2D eigenvalue weighted by Crippen LogP contribution is -2.23. The molecule has 80 valence electrons. The summed E-state index contributed by atoms with van der Waals surface area (Å²) in [4.78, 5) is 4.46. The van der Waals surface area contributed by atoms with E-state index in [-0.39, 0.29) is 0 Å². The summed E-state index contributed by atoms with van der Waals surface area (Å²) in [5, 5.41) is 0. The van der Waals surface area contributed by atoms with Gasteiger partial charge in [-0.15, -0.1) is 0 Å². The first-order valence-corrected chi connectivity index (χ1v) is 5.77. The number of hydrogen-bond donors (Lipinski definition) is 1. The highest BCUT2D eigenvalue weighted by Crippen LogP contribution is 2.24. The van der Waals surface area contributed by atoms with E-state index >= 15 is 0 Å². The quantitative estimate of drug-likeness (QED) is 0.552. The van der Waals surface area contributed by atoms with Crippen molar-refractivity contribution in [2.24, 2.45) is 16.6 Å². The van der Waals surface area contributed by atoms with Crippen LogP contribution in [-0.4, -0.2) is 25.1 Å². The highest BCUT2D eigenvalue weighted by atomic mass is 16.5. The second-order valence-electron chi connectivity index (χ2n) is 4.38. The topological polar surface area (TPSA) is 47.6 Å². The molecule has 0 spiro atoms. The summed E-state index contributed by atoms with van der Waals surface area (Å²) in [5.41, 5.74) is 5.95. The molecule has 0 amide bonds. The van der Waals surface area contributed by atoms with Crippen molar-refractivity contribution in [1.82, 2.24) is 0 Å². The van der Waals surface area contributed by atoms with Gasteiger partial charge in [0, 0.05) is 12.5 Å². The van der Waals surface area contributed by atoms with Crippen LogP contribution in [0.2, 0.25) is 0 Å². The molecule has 1 unspecified atom stereocenters. The molecule has 3 nitrogen and oxygen atoms in total. The van der Waals surface area contributed by atoms with Gasteiger partial charge >= 0.3 is 0 Å². The number of aliphatic imine (C=N–C) groups is 1. The zero-order valence-corrected chi connectivity index (χ0v) is 8.74. The number of ether oxygens (including phenoxy) is 1. The number of nitrogens with zero attached hydrogens (tertiary/aromatic N) is 1. The fourth-order valence-corrected chi connectivity index (χ4v) is 2.35. The molecule has 1 saturated heterocycles. The Balaban J connectivity index is 1.77. The lowest BCUT2D eigenvalue weighted by atomic mass is 10.1. The lowest BCUT2D eigenvalue weighted by molar-refractivity contribution is 0.117. The minimum absolute atomic E-state index is 0.343. The van der Waals surface area contributed by atoms with Crippen molar-refractivity contribution in [1.29, 1.82) is 0 Å². The van der Waals surface area contributed by atoms with Crippen LogP contribution in [0.3, 0.4) is 0 Å². The summed E-state index contributed by atoms with van der Waals surface area (Å²) in [5.74, 6) is 1.44. The first kappa shape index (κ1) is 9.97. The molecule has 3 heteroatoms. The van der Waals surface area contributed by atoms with Crippen LogP contribution in [-0.2, 0) is 4.74 Å². The maximum absolute atomic E-state index is 5.95. The van der Waals surface area contributed by atoms with Gasteiger partial charge < -0.3 is 10.5 Å². The van der Waals surface area contributed by atoms with E-state index in [9.17, 15) is 0 Å². The van der Waals surface area contributed by atoms with Crippen LogP contribution in [0.25, 0.3) is 0 Å². The molecule has 2 aliphatic rings. The maximum atomic E-state index is 5.95. The van der Waals surface area contributed by atoms with Crippen molar-refractivity contribution in [3.63, 3.8) is 0 Å². The maximum Gasteiger partial charge on any atom is 0.0969 e. The molecule has 1 aliphatic carbocycles. The van der Waals surface area contributed by atoms with E-state index in [2.05, 4.69) is 4.99 Å². The van der Waals surface area contributed by atoms with Crippen molar-refractivity contribution in [2.45, 2.75) is 44.6 Å². The smallest absolute Gasteiger partial charge is 0.0969 e. The zero-order chi connectivity index (χ0) is 9.80. The molecule has 0 aromatic rings. The van der Waals surface area contributed by atoms with Gasteiger partial charge in [-0.1, -0.05) is 12.8 Å². The van der Waals surface area contributed by atoms with Gasteiger partial charge in [-0.3, -0.25) is 4.99 Å². The Morgan fingerprint density at radius 1 is 1.21 bits per heavy atom. The largest absolute Gasteiger partial charge is 0.387 e. The van der Waals surface area contributed by atoms with Crippen LogP contribution in [0.1, 0.15) is 38.5 Å². The molecule has 1 atom stereocenters. The predicted molar refractivity (Wildman–Crippen MR) is 57.4 cm³/mol. The summed E-state index contributed by atoms with van der Waals surface area (Å²) in [7, 11) is 0. The Morgan fingerprint density at radius 3 is 2.64 bits per heavy atom. The Labute approximate surface area is 85.7 Å². The number of rotatable bonds is 3. The SMILES string of the molecule is NC(=NCC1CCCO1)C1CCCC1. The van der Waals surface area contributed by atoms with E-state index in [0.717, 1.165) is 25.4 Å². The normalized spacial score (nSPS) is 30.0. The van der Waals surface area contributed by atoms with Crippen LogP contribution in [0.4, 0.5) is 0 Å². The molecule has 0 bridgehead atoms. The summed E-state index contributed by atoms with van der Waals surface area (Å²) in [6.45, 7) is 1.69. The van der Waals surface area contributed by atoms with Gasteiger partial charge in [0.25, 0.3) is 0 Å². The molecule has 2 N–H and O–H groups in total. The zero-order valence-electron chi connectivity index (χ0n) is 8.74. The molecular weight excluding hydrogens is 176 g/mol. The molecule has 1 saturated carbocycles. The van der Waals surface area contributed by atoms with Crippen molar-refractivity contribution >= 4 is 5.84 Å². The van der Waals surface area contributed by atoms with Crippen LogP contribution in [0, 0.1) is 5.92 Å². The molecule has 2 fully saturated rings. The fourth-order valence-electron chi connectivity index (χ4n) is 2.35. The Bertz CT molecular complexity index is 203. The minimum Gasteiger partial charge on any atom is -0.387 e. The van der Waals surface area contributed by atoms with Crippen molar-refractivity contribution in [2.75, 3.05) is 13.2 Å². The molecule has 0 aromatic carbocycles. The third-order valence-electron chi connectivity index (χ3n) is 3.27. The van der Waals surface area contributed by atoms with E-state index in [1.54, 1.807) is 0 Å². The van der Waals surface area contributed by atoms with Crippen LogP contribution >= 0.6 is 0 Å². The highest BCUT2D eigenvalue weighted by Gasteiger charge is 2.19. The van der Waals surface area contributed by atoms with E-state index in [0.29, 0.717) is 12.0 Å². The first-order chi connectivity index (χ1) is 6.86. The van der Waals surface area contributed by atoms with E-state index in [1.807, 2.05) is 0 Å². The monoisotopic (exact) mass is 196 g/mol. The summed E-state index contributed by atoms with van der Waals surface area (Å²) < 4.78 is 5.50. The van der Waals surface area contributed by atoms with Gasteiger partial charge in [0.15, 0.2) is 0 Å². The molecular formula is C11H20N2O. The molecule has 1 heterocycles. The van der Waals surface area contributed by atoms with Crippen molar-refractivity contribution in [3.8, 4) is 0 Å². The van der Waals surface area contributed by atoms with E-state index < -0.39 is 0 Å². The summed E-state index contributed by atoms with van der Waals surface area (Å²) in [6.07, 6.45) is 7.80. The molecule has 0 radical (unpaired) electrons. The third-order valence-corrected chi connectivity index (χ3v) is 3.27. The van der Waals surface area contributed by atoms with Crippen LogP contribution in [0.5, 0.6) is 0 Å². The predicted octanol–water partition coefficient (Wildman–Crippen LogP) is 1.71. The standard InChI is InChI=1S/C11H20N2O/c12-11(9-4-1-2-5-9)13-8-10-6-3-7-14-10/h9-10H,1-8H2,(H2,12,13). The highest BCUT2D eigenvalue weighted by molar-refractivity contribution is 5.83.